The van der Waals surface area contributed by atoms with Crippen molar-refractivity contribution in [1.82, 2.24) is 6.15 Å². The van der Waals surface area contributed by atoms with Crippen LogP contribution in [-0.4, -0.2) is 12.7 Å². The van der Waals surface area contributed by atoms with E-state index in [0.717, 1.165) is 0 Å². The van der Waals surface area contributed by atoms with Crippen molar-refractivity contribution >= 4 is 14.3 Å². The van der Waals surface area contributed by atoms with Crippen molar-refractivity contribution in [3.05, 3.63) is 0 Å². The van der Waals surface area contributed by atoms with E-state index in [0.29, 0.717) is 0 Å². The molecule has 0 aromatic carbocycles. The van der Waals surface area contributed by atoms with Crippen molar-refractivity contribution in [2.45, 2.75) is 6.92 Å². The molecule has 0 spiro atoms. The summed E-state index contributed by atoms with van der Waals surface area (Å²) in [4.78, 5) is 9.82. The van der Waals surface area contributed by atoms with E-state index >= 15 is 0 Å². The van der Waals surface area contributed by atoms with Gasteiger partial charge in [-0.25, -0.2) is 4.79 Å². The van der Waals surface area contributed by atoms with Gasteiger partial charge in [0.2, 0.25) is 0 Å². The molecule has 0 aromatic heterocycles. The lowest BCUT2D eigenvalue weighted by Gasteiger charge is -1.79. The molecule has 0 aliphatic carbocycles. The normalized spacial score (nSPS) is 9.50. The number of hydrogen-bond acceptors (Lipinski definition) is 5. The van der Waals surface area contributed by atoms with Crippen LogP contribution in [-0.2, 0) is 13.6 Å². The smallest absolute Gasteiger partial charge is 0.344 e. The van der Waals surface area contributed by atoms with Crippen LogP contribution in [0.4, 0.5) is 4.79 Å². The summed E-state index contributed by atoms with van der Waals surface area (Å²) in [6.45, 7) is 1.85. The molecule has 0 heterocycles. The lowest BCUT2D eigenvalue weighted by atomic mass is 10.9. The molecular formula is C3H10N2O4P+. The Morgan fingerprint density at radius 2 is 2.20 bits per heavy atom. The number of rotatable bonds is 3. The Kier molecular flexibility index (Phi) is 7.70. The monoisotopic (exact) mass is 169 g/mol. The summed E-state index contributed by atoms with van der Waals surface area (Å²) in [5, 5.41) is 0. The standard InChI is InChI=1S/C3H6NO4P.H3N/c1-2-7-9(6)8-3(4)5;/h2H2,1H3,(H-,4,5);1H3/p+1. The Labute approximate surface area is 59.2 Å². The fourth-order valence-electron chi connectivity index (χ4n) is 0.205. The Bertz CT molecular complexity index is 128. The van der Waals surface area contributed by atoms with Gasteiger partial charge in [0.15, 0.2) is 0 Å². The van der Waals surface area contributed by atoms with E-state index < -0.39 is 14.3 Å². The minimum atomic E-state index is -2.34. The molecule has 6 nitrogen and oxygen atoms in total. The first-order chi connectivity index (χ1) is 4.16. The molecule has 1 atom stereocenters. The summed E-state index contributed by atoms with van der Waals surface area (Å²) >= 11 is 0. The molecule has 0 saturated heterocycles. The Balaban J connectivity index is 0. The first-order valence-corrected chi connectivity index (χ1v) is 3.34. The molecule has 0 aliphatic heterocycles. The van der Waals surface area contributed by atoms with Crippen molar-refractivity contribution in [2.75, 3.05) is 6.61 Å². The molecule has 60 valence electrons. The molecule has 7 heteroatoms. The van der Waals surface area contributed by atoms with Gasteiger partial charge in [0.25, 0.3) is 0 Å². The third-order valence-electron chi connectivity index (χ3n) is 0.399. The molecule has 0 fully saturated rings. The Hall–Kier alpha value is -0.710. The van der Waals surface area contributed by atoms with Gasteiger partial charge in [-0.15, -0.1) is 4.52 Å². The van der Waals surface area contributed by atoms with Crippen LogP contribution < -0.4 is 11.9 Å². The van der Waals surface area contributed by atoms with E-state index in [2.05, 4.69) is 14.8 Å². The van der Waals surface area contributed by atoms with E-state index in [1.54, 1.807) is 6.92 Å². The van der Waals surface area contributed by atoms with Crippen LogP contribution in [0.3, 0.4) is 0 Å². The second kappa shape index (κ2) is 6.41. The second-order valence-corrected chi connectivity index (χ2v) is 1.94. The van der Waals surface area contributed by atoms with Crippen LogP contribution in [0.15, 0.2) is 0 Å². The molecule has 1 unspecified atom stereocenters. The Morgan fingerprint density at radius 3 is 2.50 bits per heavy atom. The molecule has 1 amide bonds. The van der Waals surface area contributed by atoms with Crippen molar-refractivity contribution in [3.63, 3.8) is 0 Å². The van der Waals surface area contributed by atoms with Gasteiger partial charge in [0.05, 0.1) is 0 Å². The summed E-state index contributed by atoms with van der Waals surface area (Å²) in [5.74, 6) is 0. The SMILES string of the molecule is CCO[P+](=O)OC(N)=O.N. The molecule has 0 aromatic rings. The average molecular weight is 169 g/mol. The van der Waals surface area contributed by atoms with Crippen molar-refractivity contribution in [1.29, 1.82) is 0 Å². The number of carbonyl (C=O) groups excluding carboxylic acids is 1. The maximum Gasteiger partial charge on any atom is 0.755 e. The minimum Gasteiger partial charge on any atom is -0.344 e. The summed E-state index contributed by atoms with van der Waals surface area (Å²) in [5.41, 5.74) is 4.50. The molecule has 0 saturated carbocycles. The molecule has 5 N–H and O–H groups in total. The van der Waals surface area contributed by atoms with Gasteiger partial charge in [-0.2, -0.15) is 4.52 Å². The van der Waals surface area contributed by atoms with Gasteiger partial charge < -0.3 is 11.9 Å². The summed E-state index contributed by atoms with van der Waals surface area (Å²) < 4.78 is 18.5. The summed E-state index contributed by atoms with van der Waals surface area (Å²) in [6.07, 6.45) is -1.09. The predicted octanol–water partition coefficient (Wildman–Crippen LogP) is 0.938. The number of nitrogens with two attached hydrogens (primary N) is 1. The zero-order valence-corrected chi connectivity index (χ0v) is 6.47. The van der Waals surface area contributed by atoms with Gasteiger partial charge in [-0.1, -0.05) is 0 Å². The Morgan fingerprint density at radius 1 is 1.70 bits per heavy atom. The first kappa shape index (κ1) is 12.0. The second-order valence-electron chi connectivity index (χ2n) is 1.05. The number of primary amides is 1. The minimum absolute atomic E-state index is 0. The summed E-state index contributed by atoms with van der Waals surface area (Å²) in [7, 11) is -2.34. The van der Waals surface area contributed by atoms with Crippen LogP contribution in [0.1, 0.15) is 6.92 Å². The van der Waals surface area contributed by atoms with E-state index in [-0.39, 0.29) is 12.8 Å². The highest BCUT2D eigenvalue weighted by atomic mass is 31.1. The van der Waals surface area contributed by atoms with Crippen molar-refractivity contribution in [2.24, 2.45) is 5.73 Å². The average Bonchev–Trinajstić information content (AvgIpc) is 1.63. The van der Waals surface area contributed by atoms with E-state index in [1.165, 1.54) is 0 Å². The molecular weight excluding hydrogens is 159 g/mol. The number of carbonyl (C=O) groups is 1. The van der Waals surface area contributed by atoms with Gasteiger partial charge in [-0.3, -0.25) is 0 Å². The molecule has 0 bridgehead atoms. The summed E-state index contributed by atoms with van der Waals surface area (Å²) in [6, 6.07) is 0. The zero-order valence-electron chi connectivity index (χ0n) is 5.57. The topological polar surface area (TPSA) is 114 Å². The van der Waals surface area contributed by atoms with Crippen LogP contribution >= 0.6 is 8.25 Å². The van der Waals surface area contributed by atoms with E-state index in [4.69, 9.17) is 0 Å². The van der Waals surface area contributed by atoms with Crippen LogP contribution in [0, 0.1) is 0 Å². The molecule has 0 aliphatic rings. The van der Waals surface area contributed by atoms with Crippen LogP contribution in [0.5, 0.6) is 0 Å². The predicted molar refractivity (Wildman–Crippen MR) is 34.9 cm³/mol. The fourth-order valence-corrected chi connectivity index (χ4v) is 0.616. The third kappa shape index (κ3) is 7.29. The molecule has 0 rings (SSSR count). The van der Waals surface area contributed by atoms with Crippen LogP contribution in [0.2, 0.25) is 0 Å². The van der Waals surface area contributed by atoms with Crippen molar-refractivity contribution < 1.29 is 18.4 Å². The third-order valence-corrected chi connectivity index (χ3v) is 1.20. The number of hydrogen-bond donors (Lipinski definition) is 2. The highest BCUT2D eigenvalue weighted by molar-refractivity contribution is 7.34. The molecule has 0 radical (unpaired) electrons. The lowest BCUT2D eigenvalue weighted by molar-refractivity contribution is 0.199. The van der Waals surface area contributed by atoms with Gasteiger partial charge >= 0.3 is 14.3 Å². The fraction of sp³-hybridized carbons (Fsp3) is 0.667. The van der Waals surface area contributed by atoms with Crippen molar-refractivity contribution in [3.8, 4) is 0 Å². The van der Waals surface area contributed by atoms with E-state index in [9.17, 15) is 9.36 Å². The zero-order chi connectivity index (χ0) is 7.28. The quantitative estimate of drug-likeness (QED) is 0.610. The maximum atomic E-state index is 10.3. The van der Waals surface area contributed by atoms with Crippen LogP contribution in [0.25, 0.3) is 0 Å². The van der Waals surface area contributed by atoms with E-state index in [1.807, 2.05) is 0 Å². The lowest BCUT2D eigenvalue weighted by Crippen LogP contribution is -2.08. The first-order valence-electron chi connectivity index (χ1n) is 2.24. The largest absolute Gasteiger partial charge is 0.755 e. The maximum absolute atomic E-state index is 10.3. The highest BCUT2D eigenvalue weighted by Crippen LogP contribution is 2.22. The van der Waals surface area contributed by atoms with Gasteiger partial charge in [0.1, 0.15) is 6.61 Å². The van der Waals surface area contributed by atoms with Gasteiger partial charge in [0, 0.05) is 4.57 Å². The van der Waals surface area contributed by atoms with Gasteiger partial charge in [-0.05, 0) is 6.92 Å². The molecule has 10 heavy (non-hydrogen) atoms. The number of amides is 1. The highest BCUT2D eigenvalue weighted by Gasteiger charge is 2.22.